The van der Waals surface area contributed by atoms with Crippen molar-refractivity contribution < 1.29 is 9.53 Å². The summed E-state index contributed by atoms with van der Waals surface area (Å²) in [4.78, 5) is 14.8. The SMILES string of the molecule is COC(=O)/C=C/Cc1c(-c2ccc(C(=N)N)cc2)[nH]c2cc(C(=N)N)ccc12.Cl.Cl. The number of rotatable bonds is 6. The maximum atomic E-state index is 11.4. The largest absolute Gasteiger partial charge is 0.466 e. The molecule has 30 heavy (non-hydrogen) atoms. The van der Waals surface area contributed by atoms with E-state index in [0.717, 1.165) is 27.7 Å². The molecule has 7 N–H and O–H groups in total. The first-order valence-electron chi connectivity index (χ1n) is 8.59. The Morgan fingerprint density at radius 1 is 1.03 bits per heavy atom. The number of carbonyl (C=O) groups excluding carboxylic acids is 1. The lowest BCUT2D eigenvalue weighted by Gasteiger charge is -2.05. The number of halogens is 2. The summed E-state index contributed by atoms with van der Waals surface area (Å²) in [5, 5.41) is 16.2. The van der Waals surface area contributed by atoms with Crippen molar-refractivity contribution >= 4 is 53.4 Å². The molecule has 7 nitrogen and oxygen atoms in total. The van der Waals surface area contributed by atoms with Gasteiger partial charge in [-0.1, -0.05) is 42.5 Å². The Kier molecular flexibility index (Phi) is 8.64. The second-order valence-electron chi connectivity index (χ2n) is 6.27. The number of methoxy groups -OCH3 is 1. The van der Waals surface area contributed by atoms with Crippen molar-refractivity contribution in [2.45, 2.75) is 6.42 Å². The number of H-pyrrole nitrogens is 1. The molecule has 0 aliphatic heterocycles. The lowest BCUT2D eigenvalue weighted by molar-refractivity contribution is -0.134. The van der Waals surface area contributed by atoms with Gasteiger partial charge in [0.1, 0.15) is 11.7 Å². The van der Waals surface area contributed by atoms with Gasteiger partial charge in [-0.25, -0.2) is 4.79 Å². The molecule has 3 aromatic rings. The number of amidine groups is 2. The van der Waals surface area contributed by atoms with Gasteiger partial charge in [-0.05, 0) is 23.6 Å². The average molecular weight is 448 g/mol. The van der Waals surface area contributed by atoms with Gasteiger partial charge in [0.05, 0.1) is 12.8 Å². The minimum absolute atomic E-state index is 0. The number of esters is 1. The molecule has 0 saturated carbocycles. The molecular formula is C21H23Cl2N5O2. The zero-order valence-corrected chi connectivity index (χ0v) is 17.8. The molecule has 0 unspecified atom stereocenters. The number of nitrogens with two attached hydrogens (primary N) is 2. The first-order valence-corrected chi connectivity index (χ1v) is 8.59. The van der Waals surface area contributed by atoms with Crippen LogP contribution in [0.3, 0.4) is 0 Å². The van der Waals surface area contributed by atoms with Crippen LogP contribution < -0.4 is 11.5 Å². The van der Waals surface area contributed by atoms with Crippen LogP contribution in [0.2, 0.25) is 0 Å². The zero-order chi connectivity index (χ0) is 20.3. The fourth-order valence-corrected chi connectivity index (χ4v) is 3.04. The molecule has 0 saturated heterocycles. The predicted molar refractivity (Wildman–Crippen MR) is 125 cm³/mol. The molecule has 0 amide bonds. The second-order valence-corrected chi connectivity index (χ2v) is 6.27. The van der Waals surface area contributed by atoms with E-state index in [0.29, 0.717) is 17.5 Å². The molecule has 0 fully saturated rings. The van der Waals surface area contributed by atoms with Crippen LogP contribution in [0.4, 0.5) is 0 Å². The van der Waals surface area contributed by atoms with Gasteiger partial charge < -0.3 is 21.2 Å². The Morgan fingerprint density at radius 2 is 1.63 bits per heavy atom. The minimum Gasteiger partial charge on any atom is -0.466 e. The molecule has 1 heterocycles. The van der Waals surface area contributed by atoms with E-state index >= 15 is 0 Å². The fraction of sp³-hybridized carbons (Fsp3) is 0.0952. The summed E-state index contributed by atoms with van der Waals surface area (Å²) < 4.78 is 4.65. The molecule has 0 spiro atoms. The van der Waals surface area contributed by atoms with Crippen LogP contribution in [0.15, 0.2) is 54.6 Å². The van der Waals surface area contributed by atoms with Gasteiger partial charge in [-0.15, -0.1) is 24.8 Å². The molecular weight excluding hydrogens is 425 g/mol. The number of hydrogen-bond acceptors (Lipinski definition) is 4. The average Bonchev–Trinajstić information content (AvgIpc) is 3.05. The fourth-order valence-electron chi connectivity index (χ4n) is 3.04. The maximum Gasteiger partial charge on any atom is 0.330 e. The van der Waals surface area contributed by atoms with Crippen molar-refractivity contribution in [2.24, 2.45) is 11.5 Å². The van der Waals surface area contributed by atoms with E-state index in [1.165, 1.54) is 13.2 Å². The van der Waals surface area contributed by atoms with Crippen molar-refractivity contribution in [3.8, 4) is 11.3 Å². The van der Waals surface area contributed by atoms with Crippen LogP contribution >= 0.6 is 24.8 Å². The Balaban J connectivity index is 0.00000225. The third-order valence-corrected chi connectivity index (χ3v) is 4.48. The number of allylic oxidation sites excluding steroid dienone is 1. The van der Waals surface area contributed by atoms with Gasteiger partial charge in [0.15, 0.2) is 0 Å². The highest BCUT2D eigenvalue weighted by atomic mass is 35.5. The van der Waals surface area contributed by atoms with Crippen LogP contribution in [0.25, 0.3) is 22.2 Å². The summed E-state index contributed by atoms with van der Waals surface area (Å²) >= 11 is 0. The van der Waals surface area contributed by atoms with E-state index in [-0.39, 0.29) is 36.5 Å². The summed E-state index contributed by atoms with van der Waals surface area (Å²) in [6.45, 7) is 0. The molecule has 0 aliphatic rings. The third kappa shape index (κ3) is 5.20. The highest BCUT2D eigenvalue weighted by molar-refractivity contribution is 6.01. The number of nitrogen functional groups attached to an aromatic ring is 2. The van der Waals surface area contributed by atoms with Gasteiger partial charge >= 0.3 is 5.97 Å². The summed E-state index contributed by atoms with van der Waals surface area (Å²) in [6, 6.07) is 12.9. The summed E-state index contributed by atoms with van der Waals surface area (Å²) in [5.41, 5.74) is 16.1. The van der Waals surface area contributed by atoms with Crippen molar-refractivity contribution in [3.63, 3.8) is 0 Å². The van der Waals surface area contributed by atoms with Crippen molar-refractivity contribution in [1.82, 2.24) is 4.98 Å². The number of fused-ring (bicyclic) bond motifs is 1. The monoisotopic (exact) mass is 447 g/mol. The molecule has 158 valence electrons. The Morgan fingerprint density at radius 3 is 2.20 bits per heavy atom. The third-order valence-electron chi connectivity index (χ3n) is 4.48. The van der Waals surface area contributed by atoms with Gasteiger partial charge in [0.2, 0.25) is 0 Å². The molecule has 2 aromatic carbocycles. The number of aromatic nitrogens is 1. The summed E-state index contributed by atoms with van der Waals surface area (Å²) in [7, 11) is 1.34. The van der Waals surface area contributed by atoms with E-state index in [1.807, 2.05) is 24.3 Å². The molecule has 1 aromatic heterocycles. The molecule has 0 bridgehead atoms. The molecule has 9 heteroatoms. The summed E-state index contributed by atoms with van der Waals surface area (Å²) in [6.07, 6.45) is 3.66. The zero-order valence-electron chi connectivity index (χ0n) is 16.2. The molecule has 0 atom stereocenters. The Labute approximate surface area is 186 Å². The molecule has 0 radical (unpaired) electrons. The number of ether oxygens (including phenoxy) is 1. The number of carbonyl (C=O) groups is 1. The van der Waals surface area contributed by atoms with Crippen molar-refractivity contribution in [1.29, 1.82) is 10.8 Å². The van der Waals surface area contributed by atoms with E-state index < -0.39 is 5.97 Å². The smallest absolute Gasteiger partial charge is 0.330 e. The van der Waals surface area contributed by atoms with Crippen LogP contribution in [-0.4, -0.2) is 29.7 Å². The maximum absolute atomic E-state index is 11.4. The lowest BCUT2D eigenvalue weighted by Crippen LogP contribution is -2.10. The predicted octanol–water partition coefficient (Wildman–Crippen LogP) is 3.52. The van der Waals surface area contributed by atoms with Crippen LogP contribution in [0, 0.1) is 10.8 Å². The topological polar surface area (TPSA) is 142 Å². The van der Waals surface area contributed by atoms with Crippen LogP contribution in [-0.2, 0) is 16.0 Å². The van der Waals surface area contributed by atoms with Crippen LogP contribution in [0.1, 0.15) is 16.7 Å². The number of nitrogens with one attached hydrogen (secondary N) is 3. The molecule has 3 rings (SSSR count). The standard InChI is InChI=1S/C21H21N5O2.2ClH/c1-28-18(27)4-2-3-16-15-10-9-14(21(24)25)11-17(15)26-19(16)12-5-7-13(8-6-12)20(22)23;;/h2,4-11,26H,3H2,1H3,(H3,22,23)(H3,24,25);2*1H/b4-2+;;. The number of aromatic amines is 1. The highest BCUT2D eigenvalue weighted by Crippen LogP contribution is 2.32. The van der Waals surface area contributed by atoms with Gasteiger partial charge in [0.25, 0.3) is 0 Å². The highest BCUT2D eigenvalue weighted by Gasteiger charge is 2.14. The van der Waals surface area contributed by atoms with Gasteiger partial charge in [-0.2, -0.15) is 0 Å². The number of benzene rings is 2. The number of hydrogen-bond donors (Lipinski definition) is 5. The summed E-state index contributed by atoms with van der Waals surface area (Å²) in [5.74, 6) is -0.405. The van der Waals surface area contributed by atoms with Gasteiger partial charge in [0, 0.05) is 28.1 Å². The lowest BCUT2D eigenvalue weighted by atomic mass is 10.0. The minimum atomic E-state index is -0.411. The van der Waals surface area contributed by atoms with E-state index in [1.54, 1.807) is 24.3 Å². The van der Waals surface area contributed by atoms with Crippen molar-refractivity contribution in [3.05, 3.63) is 71.3 Å². The normalized spacial score (nSPS) is 10.3. The second kappa shape index (κ2) is 10.5. The van der Waals surface area contributed by atoms with E-state index in [4.69, 9.17) is 22.3 Å². The quantitative estimate of drug-likeness (QED) is 0.170. The first kappa shape index (κ1) is 24.7. The van der Waals surface area contributed by atoms with E-state index in [2.05, 4.69) is 9.72 Å². The molecule has 0 aliphatic carbocycles. The van der Waals surface area contributed by atoms with Crippen molar-refractivity contribution in [2.75, 3.05) is 7.11 Å². The van der Waals surface area contributed by atoms with Crippen LogP contribution in [0.5, 0.6) is 0 Å². The Hall–Kier alpha value is -3.29. The van der Waals surface area contributed by atoms with E-state index in [9.17, 15) is 4.79 Å². The van der Waals surface area contributed by atoms with Gasteiger partial charge in [-0.3, -0.25) is 10.8 Å². The Bertz CT molecular complexity index is 1100. The first-order chi connectivity index (χ1) is 13.4.